The summed E-state index contributed by atoms with van der Waals surface area (Å²) in [6.45, 7) is 0.482. The van der Waals surface area contributed by atoms with Crippen LogP contribution in [0.1, 0.15) is 41.6 Å². The van der Waals surface area contributed by atoms with E-state index >= 15 is 0 Å². The van der Waals surface area contributed by atoms with Gasteiger partial charge in [-0.05, 0) is 42.7 Å². The summed E-state index contributed by atoms with van der Waals surface area (Å²) in [4.78, 5) is 17.7. The number of benzene rings is 1. The Bertz CT molecular complexity index is 933. The van der Waals surface area contributed by atoms with Crippen molar-refractivity contribution >= 4 is 34.0 Å². The van der Waals surface area contributed by atoms with Crippen LogP contribution in [0, 0.1) is 0 Å². The first-order chi connectivity index (χ1) is 13.5. The second-order valence-corrected chi connectivity index (χ2v) is 8.76. The highest BCUT2D eigenvalue weighted by Crippen LogP contribution is 2.30. The number of anilines is 3. The third kappa shape index (κ3) is 3.88. The molecule has 5 N–H and O–H groups in total. The molecule has 0 spiro atoms. The Hall–Kier alpha value is -2.45. The molecule has 2 aromatic rings. The maximum absolute atomic E-state index is 12.3. The van der Waals surface area contributed by atoms with E-state index in [1.165, 1.54) is 0 Å². The Balaban J connectivity index is 1.65. The molecule has 3 atom stereocenters. The van der Waals surface area contributed by atoms with Crippen molar-refractivity contribution in [2.75, 3.05) is 16.9 Å². The summed E-state index contributed by atoms with van der Waals surface area (Å²) in [5, 5.41) is 9.57. The van der Waals surface area contributed by atoms with Gasteiger partial charge in [-0.25, -0.2) is 4.98 Å². The Labute approximate surface area is 167 Å². The molecular formula is C20H25N5O2S. The molecule has 7 nitrogen and oxygen atoms in total. The van der Waals surface area contributed by atoms with Crippen LogP contribution in [0.2, 0.25) is 0 Å². The second kappa shape index (κ2) is 7.89. The first-order valence-corrected chi connectivity index (χ1v) is 11.1. The molecule has 1 aliphatic heterocycles. The molecule has 1 aromatic carbocycles. The first kappa shape index (κ1) is 18.9. The summed E-state index contributed by atoms with van der Waals surface area (Å²) < 4.78 is 11.8. The van der Waals surface area contributed by atoms with E-state index in [1.807, 2.05) is 30.3 Å². The van der Waals surface area contributed by atoms with Gasteiger partial charge in [-0.15, -0.1) is 0 Å². The zero-order valence-corrected chi connectivity index (χ0v) is 16.6. The SMILES string of the molecule is CS(=O)c1cccc(Nc2nc(NC3CCCC[C@@H]3N)cc3c2C(=O)NC3)c1. The van der Waals surface area contributed by atoms with Crippen LogP contribution in [0.3, 0.4) is 0 Å². The highest BCUT2D eigenvalue weighted by molar-refractivity contribution is 7.84. The zero-order chi connectivity index (χ0) is 19.7. The van der Waals surface area contributed by atoms with E-state index in [0.29, 0.717) is 22.8 Å². The summed E-state index contributed by atoms with van der Waals surface area (Å²) in [6.07, 6.45) is 5.99. The largest absolute Gasteiger partial charge is 0.366 e. The molecule has 2 unspecified atom stereocenters. The van der Waals surface area contributed by atoms with Crippen molar-refractivity contribution in [1.82, 2.24) is 10.3 Å². The van der Waals surface area contributed by atoms with Gasteiger partial charge in [0.2, 0.25) is 0 Å². The fourth-order valence-corrected chi connectivity index (χ4v) is 4.40. The lowest BCUT2D eigenvalue weighted by Crippen LogP contribution is -2.42. The average Bonchev–Trinajstić information content (AvgIpc) is 3.05. The number of fused-ring (bicyclic) bond motifs is 1. The molecule has 1 saturated carbocycles. The molecule has 28 heavy (non-hydrogen) atoms. The molecule has 4 rings (SSSR count). The number of hydrogen-bond acceptors (Lipinski definition) is 6. The number of nitrogens with zero attached hydrogens (tertiary/aromatic N) is 1. The van der Waals surface area contributed by atoms with Crippen LogP contribution in [-0.2, 0) is 17.3 Å². The van der Waals surface area contributed by atoms with Crippen molar-refractivity contribution in [3.8, 4) is 0 Å². The monoisotopic (exact) mass is 399 g/mol. The number of carbonyl (C=O) groups is 1. The van der Waals surface area contributed by atoms with Crippen LogP contribution in [0.25, 0.3) is 0 Å². The van der Waals surface area contributed by atoms with Gasteiger partial charge in [0.15, 0.2) is 0 Å². The van der Waals surface area contributed by atoms with Gasteiger partial charge >= 0.3 is 0 Å². The van der Waals surface area contributed by atoms with Crippen LogP contribution >= 0.6 is 0 Å². The number of amides is 1. The predicted molar refractivity (Wildman–Crippen MR) is 111 cm³/mol. The number of aromatic nitrogens is 1. The van der Waals surface area contributed by atoms with Crippen molar-refractivity contribution in [3.05, 3.63) is 41.5 Å². The second-order valence-electron chi connectivity index (χ2n) is 7.38. The van der Waals surface area contributed by atoms with Gasteiger partial charge in [0.25, 0.3) is 5.91 Å². The van der Waals surface area contributed by atoms with Crippen LogP contribution in [-0.4, -0.2) is 33.4 Å². The van der Waals surface area contributed by atoms with Crippen LogP contribution < -0.4 is 21.7 Å². The Kier molecular flexibility index (Phi) is 5.32. The predicted octanol–water partition coefficient (Wildman–Crippen LogP) is 2.49. The molecule has 1 fully saturated rings. The first-order valence-electron chi connectivity index (χ1n) is 9.56. The zero-order valence-electron chi connectivity index (χ0n) is 15.8. The lowest BCUT2D eigenvalue weighted by Gasteiger charge is -2.30. The molecule has 148 valence electrons. The summed E-state index contributed by atoms with van der Waals surface area (Å²) in [6, 6.07) is 9.55. The average molecular weight is 400 g/mol. The normalized spacial score (nSPS) is 22.3. The highest BCUT2D eigenvalue weighted by Gasteiger charge is 2.27. The van der Waals surface area contributed by atoms with Crippen molar-refractivity contribution in [2.45, 2.75) is 49.2 Å². The van der Waals surface area contributed by atoms with E-state index in [0.717, 1.165) is 42.8 Å². The van der Waals surface area contributed by atoms with E-state index in [-0.39, 0.29) is 18.0 Å². The van der Waals surface area contributed by atoms with Crippen molar-refractivity contribution in [3.63, 3.8) is 0 Å². The molecular weight excluding hydrogens is 374 g/mol. The third-order valence-corrected chi connectivity index (χ3v) is 6.27. The summed E-state index contributed by atoms with van der Waals surface area (Å²) in [5.74, 6) is 1.08. The minimum Gasteiger partial charge on any atom is -0.366 e. The van der Waals surface area contributed by atoms with Gasteiger partial charge in [0, 0.05) is 46.3 Å². The van der Waals surface area contributed by atoms with Gasteiger partial charge in [-0.3, -0.25) is 9.00 Å². The van der Waals surface area contributed by atoms with Crippen molar-refractivity contribution in [1.29, 1.82) is 0 Å². The fraction of sp³-hybridized carbons (Fsp3) is 0.400. The molecule has 8 heteroatoms. The van der Waals surface area contributed by atoms with Gasteiger partial charge in [-0.2, -0.15) is 0 Å². The van der Waals surface area contributed by atoms with E-state index in [9.17, 15) is 9.00 Å². The maximum Gasteiger partial charge on any atom is 0.255 e. The van der Waals surface area contributed by atoms with Gasteiger partial charge in [0.1, 0.15) is 11.6 Å². The molecule has 0 bridgehead atoms. The lowest BCUT2D eigenvalue weighted by molar-refractivity contribution is 0.0966. The molecule has 1 aliphatic carbocycles. The van der Waals surface area contributed by atoms with Crippen molar-refractivity contribution in [2.24, 2.45) is 5.73 Å². The van der Waals surface area contributed by atoms with E-state index < -0.39 is 10.8 Å². The quantitative estimate of drug-likeness (QED) is 0.615. The number of nitrogens with one attached hydrogen (secondary N) is 3. The topological polar surface area (TPSA) is 109 Å². The molecule has 1 aromatic heterocycles. The van der Waals surface area contributed by atoms with E-state index in [4.69, 9.17) is 5.73 Å². The van der Waals surface area contributed by atoms with Gasteiger partial charge in [0.05, 0.1) is 5.56 Å². The van der Waals surface area contributed by atoms with Crippen LogP contribution in [0.15, 0.2) is 35.2 Å². The maximum atomic E-state index is 12.3. The van der Waals surface area contributed by atoms with Crippen LogP contribution in [0.5, 0.6) is 0 Å². The summed E-state index contributed by atoms with van der Waals surface area (Å²) in [7, 11) is -1.08. The lowest BCUT2D eigenvalue weighted by atomic mass is 9.91. The van der Waals surface area contributed by atoms with Gasteiger partial charge < -0.3 is 21.7 Å². The minimum absolute atomic E-state index is 0.108. The number of rotatable bonds is 5. The molecule has 0 saturated heterocycles. The number of carbonyl (C=O) groups excluding carboxylic acids is 1. The number of pyridine rings is 1. The molecule has 0 radical (unpaired) electrons. The summed E-state index contributed by atoms with van der Waals surface area (Å²) in [5.41, 5.74) is 8.48. The minimum atomic E-state index is -1.08. The fourth-order valence-electron chi connectivity index (χ4n) is 3.84. The Morgan fingerprint density at radius 3 is 2.86 bits per heavy atom. The standard InChI is InChI=1S/C20H25N5O2S/c1-28(27)14-6-4-5-13(10-14)23-19-18-12(11-22-20(18)26)9-17(25-19)24-16-8-3-2-7-15(16)21/h4-6,9-10,15-16H,2-3,7-8,11,21H2,1H3,(H,22,26)(H2,23,24,25)/t15-,16?,28?/m0/s1. The smallest absolute Gasteiger partial charge is 0.255 e. The molecule has 2 heterocycles. The summed E-state index contributed by atoms with van der Waals surface area (Å²) >= 11 is 0. The van der Waals surface area contributed by atoms with Crippen molar-refractivity contribution < 1.29 is 9.00 Å². The Morgan fingerprint density at radius 2 is 2.07 bits per heavy atom. The van der Waals surface area contributed by atoms with Crippen LogP contribution in [0.4, 0.5) is 17.3 Å². The third-order valence-electron chi connectivity index (χ3n) is 5.35. The van der Waals surface area contributed by atoms with Gasteiger partial charge in [-0.1, -0.05) is 18.9 Å². The molecule has 2 aliphatic rings. The van der Waals surface area contributed by atoms with E-state index in [1.54, 1.807) is 6.26 Å². The number of nitrogens with two attached hydrogens (primary N) is 1. The van der Waals surface area contributed by atoms with E-state index in [2.05, 4.69) is 20.9 Å². The number of hydrogen-bond donors (Lipinski definition) is 4. The molecule has 1 amide bonds. The Morgan fingerprint density at radius 1 is 1.25 bits per heavy atom. The highest BCUT2D eigenvalue weighted by atomic mass is 32.2.